The van der Waals surface area contributed by atoms with E-state index in [-0.39, 0.29) is 15.7 Å². The number of pyridine rings is 1. The molecule has 0 unspecified atom stereocenters. The molecule has 0 saturated carbocycles. The van der Waals surface area contributed by atoms with Gasteiger partial charge in [-0.25, -0.2) is 13.4 Å². The molecule has 1 aromatic carbocycles. The van der Waals surface area contributed by atoms with Crippen molar-refractivity contribution in [1.82, 2.24) is 4.98 Å². The van der Waals surface area contributed by atoms with Crippen molar-refractivity contribution in [3.63, 3.8) is 0 Å². The number of sulfonamides is 1. The van der Waals surface area contributed by atoms with Crippen molar-refractivity contribution in [3.8, 4) is 0 Å². The van der Waals surface area contributed by atoms with Crippen LogP contribution in [0.25, 0.3) is 0 Å². The number of nitrogens with one attached hydrogen (secondary N) is 1. The second kappa shape index (κ2) is 5.59. The van der Waals surface area contributed by atoms with Crippen LogP contribution in [0.5, 0.6) is 0 Å². The van der Waals surface area contributed by atoms with Gasteiger partial charge >= 0.3 is 0 Å². The fraction of sp³-hybridized carbons (Fsp3) is 0.0833. The van der Waals surface area contributed by atoms with E-state index in [0.29, 0.717) is 10.2 Å². The van der Waals surface area contributed by atoms with E-state index in [1.807, 2.05) is 13.0 Å². The Bertz CT molecular complexity index is 765. The van der Waals surface area contributed by atoms with Gasteiger partial charge in [0.05, 0.1) is 10.7 Å². The molecule has 0 aliphatic carbocycles. The highest BCUT2D eigenvalue weighted by molar-refractivity contribution is 9.10. The van der Waals surface area contributed by atoms with Crippen LogP contribution in [0.2, 0.25) is 5.02 Å². The number of nitrogens with two attached hydrogens (primary N) is 1. The van der Waals surface area contributed by atoms with E-state index in [1.165, 1.54) is 6.07 Å². The maximum absolute atomic E-state index is 12.3. The molecule has 20 heavy (non-hydrogen) atoms. The average Bonchev–Trinajstić information content (AvgIpc) is 2.38. The molecule has 0 aliphatic heterocycles. The minimum Gasteiger partial charge on any atom is -0.382 e. The predicted octanol–water partition coefficient (Wildman–Crippen LogP) is 3.19. The molecule has 0 amide bonds. The first-order valence-corrected chi connectivity index (χ1v) is 8.15. The fourth-order valence-electron chi connectivity index (χ4n) is 1.51. The summed E-state index contributed by atoms with van der Waals surface area (Å²) in [4.78, 5) is 3.69. The Labute approximate surface area is 130 Å². The minimum atomic E-state index is -3.77. The van der Waals surface area contributed by atoms with Gasteiger partial charge in [-0.2, -0.15) is 0 Å². The summed E-state index contributed by atoms with van der Waals surface area (Å²) in [6, 6.07) is 6.53. The fourth-order valence-corrected chi connectivity index (χ4v) is 3.28. The molecule has 0 spiro atoms. The molecule has 5 nitrogen and oxygen atoms in total. The molecule has 106 valence electrons. The number of benzene rings is 1. The summed E-state index contributed by atoms with van der Waals surface area (Å²) in [5, 5.41) is 0.0937. The third-order valence-electron chi connectivity index (χ3n) is 2.59. The van der Waals surface area contributed by atoms with Crippen molar-refractivity contribution in [2.75, 3.05) is 10.5 Å². The van der Waals surface area contributed by atoms with Crippen molar-refractivity contribution in [2.24, 2.45) is 0 Å². The van der Waals surface area contributed by atoms with E-state index in [9.17, 15) is 8.42 Å². The molecule has 0 fully saturated rings. The van der Waals surface area contributed by atoms with Gasteiger partial charge in [-0.15, -0.1) is 0 Å². The molecule has 2 aromatic rings. The van der Waals surface area contributed by atoms with Crippen LogP contribution >= 0.6 is 27.5 Å². The SMILES string of the molecule is Cc1cccc(NS(=O)(=O)c2cnc(N)c(Cl)c2)c1Br. The Hall–Kier alpha value is -1.31. The van der Waals surface area contributed by atoms with Crippen LogP contribution in [0.1, 0.15) is 5.56 Å². The number of nitrogen functional groups attached to an aromatic ring is 1. The summed E-state index contributed by atoms with van der Waals surface area (Å²) in [5.74, 6) is 0.0855. The van der Waals surface area contributed by atoms with Crippen LogP contribution in [-0.2, 0) is 10.0 Å². The largest absolute Gasteiger partial charge is 0.382 e. The lowest BCUT2D eigenvalue weighted by Crippen LogP contribution is -2.14. The second-order valence-electron chi connectivity index (χ2n) is 4.08. The molecule has 0 aliphatic rings. The van der Waals surface area contributed by atoms with Gasteiger partial charge in [0.2, 0.25) is 0 Å². The molecule has 0 radical (unpaired) electrons. The third kappa shape index (κ3) is 3.05. The van der Waals surface area contributed by atoms with Crippen molar-refractivity contribution < 1.29 is 8.42 Å². The van der Waals surface area contributed by atoms with E-state index in [4.69, 9.17) is 17.3 Å². The smallest absolute Gasteiger partial charge is 0.263 e. The molecule has 1 heterocycles. The number of hydrogen-bond acceptors (Lipinski definition) is 4. The lowest BCUT2D eigenvalue weighted by Gasteiger charge is -2.11. The van der Waals surface area contributed by atoms with E-state index >= 15 is 0 Å². The molecule has 0 saturated heterocycles. The number of aryl methyl sites for hydroxylation is 1. The zero-order chi connectivity index (χ0) is 14.9. The highest BCUT2D eigenvalue weighted by atomic mass is 79.9. The van der Waals surface area contributed by atoms with Crippen LogP contribution in [-0.4, -0.2) is 13.4 Å². The van der Waals surface area contributed by atoms with Crippen LogP contribution in [0.15, 0.2) is 39.8 Å². The monoisotopic (exact) mass is 375 g/mol. The Morgan fingerprint density at radius 1 is 1.40 bits per heavy atom. The minimum absolute atomic E-state index is 0.0508. The Morgan fingerprint density at radius 2 is 2.10 bits per heavy atom. The predicted molar refractivity (Wildman–Crippen MR) is 83.3 cm³/mol. The number of aromatic nitrogens is 1. The van der Waals surface area contributed by atoms with Crippen molar-refractivity contribution in [2.45, 2.75) is 11.8 Å². The maximum atomic E-state index is 12.3. The highest BCUT2D eigenvalue weighted by Gasteiger charge is 2.17. The number of anilines is 2. The van der Waals surface area contributed by atoms with Gasteiger partial charge in [0.25, 0.3) is 10.0 Å². The molecular weight excluding hydrogens is 366 g/mol. The molecule has 0 bridgehead atoms. The summed E-state index contributed by atoms with van der Waals surface area (Å²) >= 11 is 9.13. The number of rotatable bonds is 3. The summed E-state index contributed by atoms with van der Waals surface area (Å²) in [7, 11) is -3.77. The standard InChI is InChI=1S/C12H11BrClN3O2S/c1-7-3-2-4-10(11(7)13)17-20(18,19)8-5-9(14)12(15)16-6-8/h2-6,17H,1H3,(H2,15,16). The van der Waals surface area contributed by atoms with Crippen LogP contribution in [0.4, 0.5) is 11.5 Å². The lowest BCUT2D eigenvalue weighted by molar-refractivity contribution is 0.601. The summed E-state index contributed by atoms with van der Waals surface area (Å²) in [6.07, 6.45) is 1.16. The molecule has 1 aromatic heterocycles. The van der Waals surface area contributed by atoms with Crippen molar-refractivity contribution >= 4 is 49.1 Å². The van der Waals surface area contributed by atoms with Gasteiger partial charge in [0.1, 0.15) is 10.7 Å². The number of halogens is 2. The first kappa shape index (κ1) is 15.1. The molecular formula is C12H11BrClN3O2S. The Balaban J connectivity index is 2.41. The highest BCUT2D eigenvalue weighted by Crippen LogP contribution is 2.28. The topological polar surface area (TPSA) is 85.1 Å². The third-order valence-corrected chi connectivity index (χ3v) is 5.28. The van der Waals surface area contributed by atoms with E-state index in [2.05, 4.69) is 25.6 Å². The second-order valence-corrected chi connectivity index (χ2v) is 6.96. The summed E-state index contributed by atoms with van der Waals surface area (Å²) < 4.78 is 27.7. The van der Waals surface area contributed by atoms with E-state index in [1.54, 1.807) is 12.1 Å². The Morgan fingerprint density at radius 3 is 2.75 bits per heavy atom. The molecule has 0 atom stereocenters. The van der Waals surface area contributed by atoms with Gasteiger partial charge in [0.15, 0.2) is 0 Å². The van der Waals surface area contributed by atoms with Crippen LogP contribution in [0, 0.1) is 6.92 Å². The van der Waals surface area contributed by atoms with Gasteiger partial charge in [-0.05, 0) is 40.5 Å². The lowest BCUT2D eigenvalue weighted by atomic mass is 10.2. The number of hydrogen-bond donors (Lipinski definition) is 2. The Kier molecular flexibility index (Phi) is 4.22. The zero-order valence-corrected chi connectivity index (χ0v) is 13.6. The summed E-state index contributed by atoms with van der Waals surface area (Å²) in [5.41, 5.74) is 6.82. The summed E-state index contributed by atoms with van der Waals surface area (Å²) in [6.45, 7) is 1.86. The van der Waals surface area contributed by atoms with Gasteiger partial charge < -0.3 is 5.73 Å². The number of nitrogens with zero attached hydrogens (tertiary/aromatic N) is 1. The maximum Gasteiger partial charge on any atom is 0.263 e. The first-order chi connectivity index (χ1) is 9.31. The normalized spacial score (nSPS) is 11.3. The van der Waals surface area contributed by atoms with E-state index in [0.717, 1.165) is 11.8 Å². The molecule has 8 heteroatoms. The van der Waals surface area contributed by atoms with Crippen molar-refractivity contribution in [3.05, 3.63) is 45.5 Å². The van der Waals surface area contributed by atoms with Gasteiger partial charge in [-0.3, -0.25) is 4.72 Å². The van der Waals surface area contributed by atoms with Crippen LogP contribution < -0.4 is 10.5 Å². The van der Waals surface area contributed by atoms with Gasteiger partial charge in [-0.1, -0.05) is 23.7 Å². The first-order valence-electron chi connectivity index (χ1n) is 5.50. The quantitative estimate of drug-likeness (QED) is 0.861. The molecule has 3 N–H and O–H groups in total. The zero-order valence-electron chi connectivity index (χ0n) is 10.4. The van der Waals surface area contributed by atoms with Crippen LogP contribution in [0.3, 0.4) is 0 Å². The molecule has 2 rings (SSSR count). The van der Waals surface area contributed by atoms with Crippen molar-refractivity contribution in [1.29, 1.82) is 0 Å². The van der Waals surface area contributed by atoms with Gasteiger partial charge in [0, 0.05) is 10.7 Å². The van der Waals surface area contributed by atoms with E-state index < -0.39 is 10.0 Å². The average molecular weight is 377 g/mol.